The Kier molecular flexibility index (Phi) is 9.81. The van der Waals surface area contributed by atoms with Crippen LogP contribution in [0.2, 0.25) is 0 Å². The van der Waals surface area contributed by atoms with E-state index in [2.05, 4.69) is 52.0 Å². The molecule has 48 heavy (non-hydrogen) atoms. The highest BCUT2D eigenvalue weighted by Crippen LogP contribution is 2.46. The van der Waals surface area contributed by atoms with E-state index >= 15 is 0 Å². The standard InChI is InChI=1S/C40H46O8/c1-23(11-27-7-9-33-35(17-27)47-21-45-33)25(3)13-29-15-31(39(41)37(19-29)43-5)32-16-30(20-38(44-6)40(32)42)14-26(4)24(2)12-28-8-10-34-36(18-28)48-22-46-34/h7-10,15-20,23-26,41-42H,11-14,21-22H2,1-6H3. The SMILES string of the molecule is COc1cc(CC(C)C(C)Cc2ccc3c(c2)OCO3)cc(-c2cc(CC(C)C(C)Cc3ccc4c(c3)OCO4)cc(OC)c2O)c1O. The van der Waals surface area contributed by atoms with E-state index in [0.717, 1.165) is 59.8 Å². The minimum Gasteiger partial charge on any atom is -0.504 e. The van der Waals surface area contributed by atoms with E-state index in [1.165, 1.54) is 11.1 Å². The van der Waals surface area contributed by atoms with Crippen LogP contribution in [0.15, 0.2) is 60.7 Å². The zero-order valence-electron chi connectivity index (χ0n) is 28.7. The Hall–Kier alpha value is -4.72. The minimum atomic E-state index is -0.0129. The third-order valence-electron chi connectivity index (χ3n) is 10.0. The highest BCUT2D eigenvalue weighted by Gasteiger charge is 2.24. The molecule has 2 N–H and O–H groups in total. The second kappa shape index (κ2) is 14.2. The van der Waals surface area contributed by atoms with Crippen LogP contribution in [0.4, 0.5) is 0 Å². The monoisotopic (exact) mass is 654 g/mol. The van der Waals surface area contributed by atoms with E-state index in [0.29, 0.717) is 46.3 Å². The summed E-state index contributed by atoms with van der Waals surface area (Å²) >= 11 is 0. The van der Waals surface area contributed by atoms with Crippen LogP contribution in [-0.4, -0.2) is 38.0 Å². The molecule has 4 aromatic carbocycles. The number of fused-ring (bicyclic) bond motifs is 2. The van der Waals surface area contributed by atoms with Gasteiger partial charge >= 0.3 is 0 Å². The van der Waals surface area contributed by atoms with Crippen molar-refractivity contribution in [2.45, 2.75) is 53.4 Å². The van der Waals surface area contributed by atoms with Crippen LogP contribution in [0.1, 0.15) is 49.9 Å². The molecule has 6 rings (SSSR count). The van der Waals surface area contributed by atoms with Crippen molar-refractivity contribution >= 4 is 0 Å². The number of benzene rings is 4. The lowest BCUT2D eigenvalue weighted by Gasteiger charge is -2.23. The van der Waals surface area contributed by atoms with Crippen LogP contribution in [0, 0.1) is 23.7 Å². The van der Waals surface area contributed by atoms with Gasteiger partial charge in [0, 0.05) is 11.1 Å². The minimum absolute atomic E-state index is 0.0129. The summed E-state index contributed by atoms with van der Waals surface area (Å²) in [7, 11) is 3.10. The maximum absolute atomic E-state index is 11.3. The van der Waals surface area contributed by atoms with E-state index in [1.807, 2.05) is 36.4 Å². The maximum atomic E-state index is 11.3. The van der Waals surface area contributed by atoms with Crippen molar-refractivity contribution in [1.82, 2.24) is 0 Å². The Balaban J connectivity index is 1.21. The third-order valence-corrected chi connectivity index (χ3v) is 10.0. The van der Waals surface area contributed by atoms with Crippen LogP contribution in [0.5, 0.6) is 46.0 Å². The molecule has 0 radical (unpaired) electrons. The molecular formula is C40H46O8. The highest BCUT2D eigenvalue weighted by molar-refractivity contribution is 5.81. The molecule has 8 nitrogen and oxygen atoms in total. The fourth-order valence-electron chi connectivity index (χ4n) is 6.72. The van der Waals surface area contributed by atoms with E-state index in [-0.39, 0.29) is 25.1 Å². The second-order valence-corrected chi connectivity index (χ2v) is 13.5. The summed E-state index contributed by atoms with van der Waals surface area (Å²) in [5.41, 5.74) is 5.46. The molecule has 4 aromatic rings. The maximum Gasteiger partial charge on any atom is 0.231 e. The van der Waals surface area contributed by atoms with Crippen molar-refractivity contribution in [2.24, 2.45) is 23.7 Å². The molecule has 2 aliphatic rings. The van der Waals surface area contributed by atoms with Gasteiger partial charge in [0.05, 0.1) is 14.2 Å². The predicted octanol–water partition coefficient (Wildman–Crippen LogP) is 8.35. The Morgan fingerprint density at radius 3 is 1.23 bits per heavy atom. The first-order valence-corrected chi connectivity index (χ1v) is 16.7. The number of ether oxygens (including phenoxy) is 6. The molecule has 0 saturated carbocycles. The number of hydrogen-bond acceptors (Lipinski definition) is 8. The van der Waals surface area contributed by atoms with Crippen LogP contribution < -0.4 is 28.4 Å². The van der Waals surface area contributed by atoms with Gasteiger partial charge in [-0.2, -0.15) is 0 Å². The number of phenols is 2. The fourth-order valence-corrected chi connectivity index (χ4v) is 6.72. The summed E-state index contributed by atoms with van der Waals surface area (Å²) in [6.45, 7) is 9.51. The van der Waals surface area contributed by atoms with Crippen molar-refractivity contribution in [3.8, 4) is 57.1 Å². The molecule has 4 atom stereocenters. The largest absolute Gasteiger partial charge is 0.504 e. The average Bonchev–Trinajstić information content (AvgIpc) is 3.75. The number of methoxy groups -OCH3 is 2. The Labute approximate surface area is 283 Å². The molecule has 2 heterocycles. The van der Waals surface area contributed by atoms with Crippen molar-refractivity contribution < 1.29 is 38.6 Å². The molecule has 0 spiro atoms. The first-order valence-electron chi connectivity index (χ1n) is 16.7. The number of hydrogen-bond donors (Lipinski definition) is 2. The number of rotatable bonds is 13. The summed E-state index contributed by atoms with van der Waals surface area (Å²) < 4.78 is 33.4. The van der Waals surface area contributed by atoms with Crippen LogP contribution in [0.3, 0.4) is 0 Å². The average molecular weight is 655 g/mol. The third kappa shape index (κ3) is 7.08. The zero-order valence-corrected chi connectivity index (χ0v) is 28.7. The lowest BCUT2D eigenvalue weighted by molar-refractivity contribution is 0.173. The normalized spacial score (nSPS) is 15.5. The first-order chi connectivity index (χ1) is 23.1. The van der Waals surface area contributed by atoms with Gasteiger partial charge in [0.25, 0.3) is 0 Å². The second-order valence-electron chi connectivity index (χ2n) is 13.5. The fraction of sp³-hybridized carbons (Fsp3) is 0.400. The molecule has 0 aliphatic carbocycles. The van der Waals surface area contributed by atoms with Gasteiger partial charge in [-0.15, -0.1) is 0 Å². The van der Waals surface area contributed by atoms with E-state index in [9.17, 15) is 10.2 Å². The van der Waals surface area contributed by atoms with Gasteiger partial charge in [0.2, 0.25) is 13.6 Å². The zero-order chi connectivity index (χ0) is 33.9. The summed E-state index contributed by atoms with van der Waals surface area (Å²) in [6.07, 6.45) is 3.32. The van der Waals surface area contributed by atoms with Gasteiger partial charge < -0.3 is 38.6 Å². The van der Waals surface area contributed by atoms with Gasteiger partial charge in [-0.1, -0.05) is 39.8 Å². The van der Waals surface area contributed by atoms with Crippen molar-refractivity contribution in [1.29, 1.82) is 0 Å². The van der Waals surface area contributed by atoms with Gasteiger partial charge in [-0.05, 0) is 120 Å². The smallest absolute Gasteiger partial charge is 0.231 e. The van der Waals surface area contributed by atoms with Crippen LogP contribution in [-0.2, 0) is 25.7 Å². The molecule has 8 heteroatoms. The molecule has 0 fully saturated rings. The quantitative estimate of drug-likeness (QED) is 0.149. The molecule has 4 unspecified atom stereocenters. The van der Waals surface area contributed by atoms with E-state index in [1.54, 1.807) is 14.2 Å². The van der Waals surface area contributed by atoms with Gasteiger partial charge in [-0.3, -0.25) is 0 Å². The summed E-state index contributed by atoms with van der Waals surface area (Å²) in [4.78, 5) is 0. The molecular weight excluding hydrogens is 608 g/mol. The van der Waals surface area contributed by atoms with Gasteiger partial charge in [-0.25, -0.2) is 0 Å². The lowest BCUT2D eigenvalue weighted by Crippen LogP contribution is -2.14. The van der Waals surface area contributed by atoms with E-state index in [4.69, 9.17) is 28.4 Å². The molecule has 0 amide bonds. The molecule has 0 aromatic heterocycles. The molecule has 0 saturated heterocycles. The lowest BCUT2D eigenvalue weighted by atomic mass is 9.83. The van der Waals surface area contributed by atoms with Gasteiger partial charge in [0.1, 0.15) is 0 Å². The first kappa shape index (κ1) is 33.2. The van der Waals surface area contributed by atoms with Crippen molar-refractivity contribution in [2.75, 3.05) is 27.8 Å². The Morgan fingerprint density at radius 2 is 0.854 bits per heavy atom. The Morgan fingerprint density at radius 1 is 0.500 bits per heavy atom. The highest BCUT2D eigenvalue weighted by atomic mass is 16.7. The molecule has 0 bridgehead atoms. The van der Waals surface area contributed by atoms with Crippen LogP contribution in [0.25, 0.3) is 11.1 Å². The van der Waals surface area contributed by atoms with Gasteiger partial charge in [0.15, 0.2) is 46.0 Å². The molecule has 254 valence electrons. The number of aromatic hydroxyl groups is 2. The summed E-state index contributed by atoms with van der Waals surface area (Å²) in [5, 5.41) is 22.7. The van der Waals surface area contributed by atoms with E-state index < -0.39 is 0 Å². The number of phenolic OH excluding ortho intramolecular Hbond substituents is 2. The Bertz CT molecular complexity index is 1640. The summed E-state index contributed by atoms with van der Waals surface area (Å²) in [6, 6.07) is 20.0. The van der Waals surface area contributed by atoms with Crippen molar-refractivity contribution in [3.63, 3.8) is 0 Å². The topological polar surface area (TPSA) is 95.8 Å². The summed E-state index contributed by atoms with van der Waals surface area (Å²) in [5.74, 6) is 5.26. The van der Waals surface area contributed by atoms with Crippen LogP contribution >= 0.6 is 0 Å². The predicted molar refractivity (Wildman–Crippen MR) is 185 cm³/mol. The molecule has 2 aliphatic heterocycles. The van der Waals surface area contributed by atoms with Crippen molar-refractivity contribution in [3.05, 3.63) is 82.9 Å².